The molecule has 0 saturated heterocycles. The van der Waals surface area contributed by atoms with Gasteiger partial charge < -0.3 is 5.32 Å². The molecule has 2 aromatic carbocycles. The number of aromatic nitrogens is 1. The van der Waals surface area contributed by atoms with Crippen molar-refractivity contribution in [1.82, 2.24) is 15.8 Å². The molecular formula is C26H24N4O3. The van der Waals surface area contributed by atoms with Crippen LogP contribution in [-0.4, -0.2) is 27.5 Å². The highest BCUT2D eigenvalue weighted by Crippen LogP contribution is 2.58. The van der Waals surface area contributed by atoms with E-state index < -0.39 is 11.4 Å². The Hall–Kier alpha value is -3.81. The molecule has 7 nitrogen and oxygen atoms in total. The van der Waals surface area contributed by atoms with Crippen molar-refractivity contribution in [3.05, 3.63) is 101 Å². The van der Waals surface area contributed by atoms with E-state index in [9.17, 15) is 9.59 Å². The molecule has 33 heavy (non-hydrogen) atoms. The van der Waals surface area contributed by atoms with E-state index in [4.69, 9.17) is 5.21 Å². The van der Waals surface area contributed by atoms with E-state index in [1.807, 2.05) is 24.4 Å². The fourth-order valence-corrected chi connectivity index (χ4v) is 4.69. The number of nitrogens with one attached hydrogen (secondary N) is 3. The average Bonchev–Trinajstić information content (AvgIpc) is 3.60. The Morgan fingerprint density at radius 3 is 2.61 bits per heavy atom. The van der Waals surface area contributed by atoms with Crippen LogP contribution in [0.3, 0.4) is 0 Å². The highest BCUT2D eigenvalue weighted by atomic mass is 16.5. The van der Waals surface area contributed by atoms with Crippen LogP contribution in [-0.2, 0) is 16.0 Å². The van der Waals surface area contributed by atoms with Crippen LogP contribution in [0, 0.1) is 0 Å². The van der Waals surface area contributed by atoms with Crippen LogP contribution in [0.25, 0.3) is 6.08 Å². The second-order valence-corrected chi connectivity index (χ2v) is 8.50. The zero-order valence-electron chi connectivity index (χ0n) is 17.9. The third-order valence-electron chi connectivity index (χ3n) is 6.41. The van der Waals surface area contributed by atoms with Gasteiger partial charge in [0.1, 0.15) is 5.54 Å². The van der Waals surface area contributed by atoms with Gasteiger partial charge in [-0.2, -0.15) is 0 Å². The van der Waals surface area contributed by atoms with Gasteiger partial charge in [-0.1, -0.05) is 42.5 Å². The smallest absolute Gasteiger partial charge is 0.267 e. The van der Waals surface area contributed by atoms with Crippen molar-refractivity contribution in [1.29, 1.82) is 0 Å². The number of anilines is 1. The van der Waals surface area contributed by atoms with Gasteiger partial charge in [0.15, 0.2) is 0 Å². The third-order valence-corrected chi connectivity index (χ3v) is 6.41. The average molecular weight is 441 g/mol. The minimum Gasteiger partial charge on any atom is -0.324 e. The molecule has 2 heterocycles. The molecule has 3 aromatic rings. The molecule has 3 unspecified atom stereocenters. The summed E-state index contributed by atoms with van der Waals surface area (Å²) in [5, 5.41) is 15.3. The summed E-state index contributed by atoms with van der Waals surface area (Å²) in [6.07, 6.45) is 7.96. The van der Waals surface area contributed by atoms with Crippen molar-refractivity contribution in [2.45, 2.75) is 30.3 Å². The van der Waals surface area contributed by atoms with E-state index in [0.717, 1.165) is 24.0 Å². The summed E-state index contributed by atoms with van der Waals surface area (Å²) in [5.41, 5.74) is 6.00. The lowest BCUT2D eigenvalue weighted by molar-refractivity contribution is -0.124. The predicted octanol–water partition coefficient (Wildman–Crippen LogP) is 3.35. The molecule has 2 amide bonds. The molecular weight excluding hydrogens is 416 g/mol. The highest BCUT2D eigenvalue weighted by molar-refractivity contribution is 6.02. The van der Waals surface area contributed by atoms with Gasteiger partial charge in [0.25, 0.3) is 5.91 Å². The van der Waals surface area contributed by atoms with Crippen molar-refractivity contribution >= 4 is 23.6 Å². The summed E-state index contributed by atoms with van der Waals surface area (Å²) in [4.78, 5) is 28.8. The summed E-state index contributed by atoms with van der Waals surface area (Å²) in [6.45, 7) is 0. The van der Waals surface area contributed by atoms with Gasteiger partial charge in [0, 0.05) is 36.1 Å². The Morgan fingerprint density at radius 1 is 1.09 bits per heavy atom. The lowest BCUT2D eigenvalue weighted by Crippen LogP contribution is -2.49. The fourth-order valence-electron chi connectivity index (χ4n) is 4.69. The highest BCUT2D eigenvalue weighted by Gasteiger charge is 2.64. The van der Waals surface area contributed by atoms with E-state index in [0.29, 0.717) is 5.69 Å². The Kier molecular flexibility index (Phi) is 5.50. The maximum atomic E-state index is 13.4. The molecule has 1 fully saturated rings. The number of hydrogen-bond acceptors (Lipinski definition) is 5. The molecule has 1 aromatic heterocycles. The zero-order valence-corrected chi connectivity index (χ0v) is 17.9. The van der Waals surface area contributed by atoms with Crippen LogP contribution in [0.5, 0.6) is 0 Å². The van der Waals surface area contributed by atoms with Gasteiger partial charge in [0.05, 0.1) is 0 Å². The number of amides is 2. The second-order valence-electron chi connectivity index (χ2n) is 8.50. The summed E-state index contributed by atoms with van der Waals surface area (Å²) in [7, 11) is 0. The van der Waals surface area contributed by atoms with Crippen LogP contribution in [0.1, 0.15) is 40.6 Å². The van der Waals surface area contributed by atoms with E-state index in [1.165, 1.54) is 17.2 Å². The third kappa shape index (κ3) is 4.16. The van der Waals surface area contributed by atoms with Crippen LogP contribution in [0.2, 0.25) is 0 Å². The first kappa shape index (κ1) is 21.1. The van der Waals surface area contributed by atoms with E-state index >= 15 is 0 Å². The van der Waals surface area contributed by atoms with Crippen molar-refractivity contribution in [3.8, 4) is 0 Å². The van der Waals surface area contributed by atoms with Crippen LogP contribution in [0.4, 0.5) is 5.69 Å². The van der Waals surface area contributed by atoms with Gasteiger partial charge in [0.2, 0.25) is 5.91 Å². The number of hydrogen-bond donors (Lipinski definition) is 4. The van der Waals surface area contributed by atoms with Gasteiger partial charge >= 0.3 is 0 Å². The first-order valence-corrected chi connectivity index (χ1v) is 10.9. The van der Waals surface area contributed by atoms with E-state index in [2.05, 4.69) is 33.8 Å². The lowest BCUT2D eigenvalue weighted by atomic mass is 9.87. The summed E-state index contributed by atoms with van der Waals surface area (Å²) in [6, 6.07) is 19.6. The number of fused-ring (bicyclic) bond motifs is 3. The van der Waals surface area contributed by atoms with E-state index in [-0.39, 0.29) is 17.9 Å². The number of nitrogens with zero attached hydrogens (tertiary/aromatic N) is 1. The van der Waals surface area contributed by atoms with Gasteiger partial charge in [-0.3, -0.25) is 25.1 Å². The van der Waals surface area contributed by atoms with Crippen molar-refractivity contribution in [2.75, 3.05) is 5.32 Å². The monoisotopic (exact) mass is 440 g/mol. The van der Waals surface area contributed by atoms with Gasteiger partial charge in [-0.15, -0.1) is 0 Å². The van der Waals surface area contributed by atoms with Crippen molar-refractivity contribution in [3.63, 3.8) is 0 Å². The SMILES string of the molecule is O=C(/C=C/c1ccc(NC(=O)C23CC2c2ccccc2C(Cc2cccnc2)N3)cc1)NO. The Balaban J connectivity index is 1.34. The van der Waals surface area contributed by atoms with Gasteiger partial charge in [-0.05, 0) is 59.4 Å². The molecule has 2 aliphatic rings. The quantitative estimate of drug-likeness (QED) is 0.267. The molecule has 7 heteroatoms. The Bertz CT molecular complexity index is 1210. The standard InChI is InChI=1S/C26H24N4O3/c31-24(30-33)12-9-17-7-10-19(11-8-17)28-25(32)26-15-22(26)20-5-1-2-6-21(20)23(29-26)14-18-4-3-13-27-16-18/h1-13,16,22-23,29,33H,14-15H2,(H,28,32)(H,30,31)/b12-9+. The summed E-state index contributed by atoms with van der Waals surface area (Å²) >= 11 is 0. The van der Waals surface area contributed by atoms with Crippen LogP contribution < -0.4 is 16.1 Å². The molecule has 166 valence electrons. The first-order chi connectivity index (χ1) is 16.1. The molecule has 1 aliphatic heterocycles. The largest absolute Gasteiger partial charge is 0.324 e. The van der Waals surface area contributed by atoms with E-state index in [1.54, 1.807) is 42.0 Å². The molecule has 0 bridgehead atoms. The molecule has 4 N–H and O–H groups in total. The first-order valence-electron chi connectivity index (χ1n) is 10.9. The lowest BCUT2D eigenvalue weighted by Gasteiger charge is -2.32. The number of pyridine rings is 1. The molecule has 0 spiro atoms. The van der Waals surface area contributed by atoms with Crippen molar-refractivity contribution < 1.29 is 14.8 Å². The normalized spacial score (nSPS) is 22.8. The molecule has 1 saturated carbocycles. The minimum atomic E-state index is -0.626. The number of carbonyl (C=O) groups is 2. The number of benzene rings is 2. The maximum absolute atomic E-state index is 13.4. The predicted molar refractivity (Wildman–Crippen MR) is 124 cm³/mol. The summed E-state index contributed by atoms with van der Waals surface area (Å²) in [5.74, 6) is -0.491. The van der Waals surface area contributed by atoms with Gasteiger partial charge in [-0.25, -0.2) is 5.48 Å². The summed E-state index contributed by atoms with van der Waals surface area (Å²) < 4.78 is 0. The Labute approximate surface area is 191 Å². The van der Waals surface area contributed by atoms with Crippen molar-refractivity contribution in [2.24, 2.45) is 0 Å². The molecule has 0 radical (unpaired) electrons. The van der Waals surface area contributed by atoms with Crippen LogP contribution >= 0.6 is 0 Å². The minimum absolute atomic E-state index is 0.0279. The number of carbonyl (C=O) groups excluding carboxylic acids is 2. The molecule has 1 aliphatic carbocycles. The molecule has 5 rings (SSSR count). The fraction of sp³-hybridized carbons (Fsp3) is 0.192. The zero-order chi connectivity index (χ0) is 22.8. The number of rotatable bonds is 6. The number of hydroxylamine groups is 1. The topological polar surface area (TPSA) is 103 Å². The Morgan fingerprint density at radius 2 is 1.88 bits per heavy atom. The maximum Gasteiger partial charge on any atom is 0.267 e. The second kappa shape index (κ2) is 8.61. The van der Waals surface area contributed by atoms with Crippen LogP contribution in [0.15, 0.2) is 79.1 Å². The molecule has 3 atom stereocenters.